The lowest BCUT2D eigenvalue weighted by molar-refractivity contribution is -0.126. The molecule has 15 heavy (non-hydrogen) atoms. The summed E-state index contributed by atoms with van der Waals surface area (Å²) in [6, 6.07) is 0.669. The summed E-state index contributed by atoms with van der Waals surface area (Å²) in [5.74, 6) is 0.117. The van der Waals surface area contributed by atoms with Crippen LogP contribution in [0.4, 0.5) is 0 Å². The van der Waals surface area contributed by atoms with Crippen molar-refractivity contribution in [3.05, 3.63) is 0 Å². The normalized spacial score (nSPS) is 27.7. The molecule has 0 aromatic carbocycles. The van der Waals surface area contributed by atoms with Gasteiger partial charge in [-0.2, -0.15) is 0 Å². The molecule has 0 aromatic heterocycles. The Hall–Kier alpha value is -0.610. The van der Waals surface area contributed by atoms with Gasteiger partial charge in [-0.15, -0.1) is 0 Å². The number of nitrogens with one attached hydrogen (secondary N) is 1. The summed E-state index contributed by atoms with van der Waals surface area (Å²) < 4.78 is 0. The van der Waals surface area contributed by atoms with Gasteiger partial charge in [0.15, 0.2) is 0 Å². The first-order valence-electron chi connectivity index (χ1n) is 5.73. The Bertz CT molecular complexity index is 228. The van der Waals surface area contributed by atoms with Crippen LogP contribution in [0.1, 0.15) is 34.1 Å². The van der Waals surface area contributed by atoms with Crippen LogP contribution in [0.5, 0.6) is 0 Å². The molecule has 1 rings (SSSR count). The quantitative estimate of drug-likeness (QED) is 0.710. The van der Waals surface area contributed by atoms with Gasteiger partial charge in [-0.25, -0.2) is 0 Å². The second kappa shape index (κ2) is 4.94. The summed E-state index contributed by atoms with van der Waals surface area (Å²) >= 11 is 0. The summed E-state index contributed by atoms with van der Waals surface area (Å²) in [6.45, 7) is 8.99. The molecule has 2 atom stereocenters. The van der Waals surface area contributed by atoms with Crippen LogP contribution in [0.3, 0.4) is 0 Å². The smallest absolute Gasteiger partial charge is 0.237 e. The number of nitrogens with two attached hydrogens (primary N) is 1. The summed E-state index contributed by atoms with van der Waals surface area (Å²) in [6.07, 6.45) is 0.775. The van der Waals surface area contributed by atoms with E-state index in [9.17, 15) is 4.79 Å². The van der Waals surface area contributed by atoms with E-state index >= 15 is 0 Å². The molecule has 3 N–H and O–H groups in total. The molecule has 1 heterocycles. The molecule has 0 radical (unpaired) electrons. The maximum absolute atomic E-state index is 11.9. The first-order chi connectivity index (χ1) is 6.91. The van der Waals surface area contributed by atoms with Gasteiger partial charge in [0.1, 0.15) is 0 Å². The molecule has 1 amide bonds. The van der Waals surface area contributed by atoms with E-state index in [2.05, 4.69) is 24.1 Å². The summed E-state index contributed by atoms with van der Waals surface area (Å²) in [7, 11) is 0. The van der Waals surface area contributed by atoms with E-state index in [-0.39, 0.29) is 24.0 Å². The maximum atomic E-state index is 11.9. The van der Waals surface area contributed by atoms with Crippen LogP contribution in [-0.4, -0.2) is 41.5 Å². The number of carbonyl (C=O) groups is 1. The molecule has 88 valence electrons. The number of hydrogen-bond acceptors (Lipinski definition) is 3. The molecule has 1 fully saturated rings. The van der Waals surface area contributed by atoms with Crippen LogP contribution in [0, 0.1) is 0 Å². The summed E-state index contributed by atoms with van der Waals surface area (Å²) in [5, 5.41) is 2.95. The van der Waals surface area contributed by atoms with E-state index in [1.54, 1.807) is 0 Å². The predicted octanol–water partition coefficient (Wildman–Crippen LogP) is 0.321. The van der Waals surface area contributed by atoms with Crippen molar-refractivity contribution in [2.24, 2.45) is 5.73 Å². The Balaban J connectivity index is 2.62. The van der Waals surface area contributed by atoms with Gasteiger partial charge in [-0.05, 0) is 34.1 Å². The van der Waals surface area contributed by atoms with Crippen LogP contribution < -0.4 is 11.1 Å². The first kappa shape index (κ1) is 12.5. The van der Waals surface area contributed by atoms with Gasteiger partial charge in [0, 0.05) is 24.7 Å². The predicted molar refractivity (Wildman–Crippen MR) is 61.5 cm³/mol. The van der Waals surface area contributed by atoms with Gasteiger partial charge in [0.25, 0.3) is 0 Å². The number of amides is 1. The third-order valence-corrected chi connectivity index (χ3v) is 2.77. The van der Waals surface area contributed by atoms with Gasteiger partial charge in [-0.1, -0.05) is 0 Å². The van der Waals surface area contributed by atoms with Gasteiger partial charge >= 0.3 is 0 Å². The second-order valence-electron chi connectivity index (χ2n) is 4.97. The van der Waals surface area contributed by atoms with Crippen molar-refractivity contribution in [2.75, 3.05) is 6.54 Å². The van der Waals surface area contributed by atoms with Crippen LogP contribution in [0.15, 0.2) is 0 Å². The molecule has 4 heteroatoms. The highest BCUT2D eigenvalue weighted by atomic mass is 16.2. The zero-order valence-corrected chi connectivity index (χ0v) is 10.2. The Morgan fingerprint density at radius 1 is 1.40 bits per heavy atom. The fourth-order valence-corrected chi connectivity index (χ4v) is 2.10. The topological polar surface area (TPSA) is 58.4 Å². The molecule has 0 spiro atoms. The first-order valence-corrected chi connectivity index (χ1v) is 5.73. The monoisotopic (exact) mass is 213 g/mol. The fraction of sp³-hybridized carbons (Fsp3) is 0.909. The second-order valence-corrected chi connectivity index (χ2v) is 4.97. The van der Waals surface area contributed by atoms with E-state index in [0.717, 1.165) is 13.0 Å². The van der Waals surface area contributed by atoms with E-state index in [1.807, 2.05) is 13.8 Å². The van der Waals surface area contributed by atoms with Crippen LogP contribution in [0.2, 0.25) is 0 Å². The van der Waals surface area contributed by atoms with Crippen molar-refractivity contribution in [2.45, 2.75) is 58.3 Å². The lowest BCUT2D eigenvalue weighted by Gasteiger charge is -2.27. The molecular weight excluding hydrogens is 190 g/mol. The number of hydrogen-bond donors (Lipinski definition) is 2. The van der Waals surface area contributed by atoms with Gasteiger partial charge in [0.2, 0.25) is 5.91 Å². The number of carbonyl (C=O) groups excluding carboxylic acids is 1. The minimum atomic E-state index is -0.0394. The van der Waals surface area contributed by atoms with Crippen molar-refractivity contribution >= 4 is 5.91 Å². The van der Waals surface area contributed by atoms with E-state index in [4.69, 9.17) is 5.73 Å². The SMILES string of the molecule is CC(C)NC(=O)[C@@H]1C[C@@H](N)CN1C(C)C. The minimum absolute atomic E-state index is 0.0394. The van der Waals surface area contributed by atoms with E-state index in [0.29, 0.717) is 6.04 Å². The highest BCUT2D eigenvalue weighted by Crippen LogP contribution is 2.19. The fourth-order valence-electron chi connectivity index (χ4n) is 2.10. The van der Waals surface area contributed by atoms with Crippen molar-refractivity contribution in [3.8, 4) is 0 Å². The van der Waals surface area contributed by atoms with Crippen molar-refractivity contribution < 1.29 is 4.79 Å². The van der Waals surface area contributed by atoms with Gasteiger partial charge in [0.05, 0.1) is 6.04 Å². The summed E-state index contributed by atoms with van der Waals surface area (Å²) in [4.78, 5) is 14.1. The average molecular weight is 213 g/mol. The van der Waals surface area contributed by atoms with Crippen molar-refractivity contribution in [3.63, 3.8) is 0 Å². The lowest BCUT2D eigenvalue weighted by Crippen LogP contribution is -2.47. The van der Waals surface area contributed by atoms with Gasteiger partial charge < -0.3 is 11.1 Å². The minimum Gasteiger partial charge on any atom is -0.353 e. The van der Waals surface area contributed by atoms with E-state index < -0.39 is 0 Å². The number of rotatable bonds is 3. The highest BCUT2D eigenvalue weighted by molar-refractivity contribution is 5.82. The molecule has 0 aromatic rings. The molecule has 4 nitrogen and oxygen atoms in total. The van der Waals surface area contributed by atoms with Gasteiger partial charge in [-0.3, -0.25) is 9.69 Å². The maximum Gasteiger partial charge on any atom is 0.237 e. The third kappa shape index (κ3) is 3.18. The largest absolute Gasteiger partial charge is 0.353 e. The standard InChI is InChI=1S/C11H23N3O/c1-7(2)13-11(15)10-5-9(12)6-14(10)8(3)4/h7-10H,5-6,12H2,1-4H3,(H,13,15)/t9-,10+/m1/s1. The molecule has 0 bridgehead atoms. The van der Waals surface area contributed by atoms with Crippen molar-refractivity contribution in [1.29, 1.82) is 0 Å². The molecule has 0 unspecified atom stereocenters. The molecule has 0 saturated carbocycles. The molecule has 0 aliphatic carbocycles. The Kier molecular flexibility index (Phi) is 4.11. The Labute approximate surface area is 92.2 Å². The van der Waals surface area contributed by atoms with Crippen LogP contribution in [-0.2, 0) is 4.79 Å². The lowest BCUT2D eigenvalue weighted by atomic mass is 10.1. The molecular formula is C11H23N3O. The molecule has 1 aliphatic heterocycles. The molecule has 1 aliphatic rings. The Morgan fingerprint density at radius 3 is 2.47 bits per heavy atom. The third-order valence-electron chi connectivity index (χ3n) is 2.77. The number of nitrogens with zero attached hydrogens (tertiary/aromatic N) is 1. The highest BCUT2D eigenvalue weighted by Gasteiger charge is 2.36. The zero-order chi connectivity index (χ0) is 11.6. The van der Waals surface area contributed by atoms with Crippen LogP contribution >= 0.6 is 0 Å². The number of likely N-dealkylation sites (tertiary alicyclic amines) is 1. The van der Waals surface area contributed by atoms with Crippen LogP contribution in [0.25, 0.3) is 0 Å². The zero-order valence-electron chi connectivity index (χ0n) is 10.2. The average Bonchev–Trinajstić information content (AvgIpc) is 2.46. The van der Waals surface area contributed by atoms with E-state index in [1.165, 1.54) is 0 Å². The van der Waals surface area contributed by atoms with Crippen molar-refractivity contribution in [1.82, 2.24) is 10.2 Å². The molecule has 1 saturated heterocycles. The Morgan fingerprint density at radius 2 is 2.00 bits per heavy atom. The summed E-state index contributed by atoms with van der Waals surface area (Å²) in [5.41, 5.74) is 5.90.